The van der Waals surface area contributed by atoms with Gasteiger partial charge >= 0.3 is 0 Å². The van der Waals surface area contributed by atoms with Crippen LogP contribution in [0.1, 0.15) is 25.3 Å². The monoisotopic (exact) mass is 431 g/mol. The molecular weight excluding hydrogens is 402 g/mol. The van der Waals surface area contributed by atoms with Crippen molar-refractivity contribution in [3.05, 3.63) is 48.0 Å². The molecule has 1 amide bonds. The summed E-state index contributed by atoms with van der Waals surface area (Å²) in [6.07, 6.45) is 3.48. The van der Waals surface area contributed by atoms with Crippen LogP contribution in [0.3, 0.4) is 0 Å². The highest BCUT2D eigenvalue weighted by atomic mass is 32.2. The van der Waals surface area contributed by atoms with Gasteiger partial charge in [0.05, 0.1) is 19.1 Å². The van der Waals surface area contributed by atoms with Crippen LogP contribution in [-0.2, 0) is 14.8 Å². The van der Waals surface area contributed by atoms with Crippen molar-refractivity contribution in [2.45, 2.75) is 32.7 Å². The van der Waals surface area contributed by atoms with Crippen molar-refractivity contribution in [3.8, 4) is 5.75 Å². The van der Waals surface area contributed by atoms with Crippen LogP contribution in [0.4, 0.5) is 17.1 Å². The number of hydrogen-bond acceptors (Lipinski definition) is 5. The Morgan fingerprint density at radius 3 is 2.33 bits per heavy atom. The quantitative estimate of drug-likeness (QED) is 0.727. The lowest BCUT2D eigenvalue weighted by atomic mass is 10.2. The van der Waals surface area contributed by atoms with Gasteiger partial charge in [-0.1, -0.05) is 6.07 Å². The molecule has 1 N–H and O–H groups in total. The molecule has 1 heterocycles. The number of aryl methyl sites for hydroxylation is 1. The minimum Gasteiger partial charge on any atom is -0.495 e. The summed E-state index contributed by atoms with van der Waals surface area (Å²) in [7, 11) is -2.26. The van der Waals surface area contributed by atoms with Crippen LogP contribution in [0, 0.1) is 6.92 Å². The van der Waals surface area contributed by atoms with Gasteiger partial charge in [-0.3, -0.25) is 9.10 Å². The third kappa shape index (κ3) is 4.87. The molecule has 0 aromatic heterocycles. The molecule has 7 nitrogen and oxygen atoms in total. The van der Waals surface area contributed by atoms with E-state index in [1.807, 2.05) is 37.3 Å². The van der Waals surface area contributed by atoms with E-state index in [0.29, 0.717) is 17.1 Å². The molecule has 2 aromatic rings. The lowest BCUT2D eigenvalue weighted by molar-refractivity contribution is -0.116. The number of amides is 1. The van der Waals surface area contributed by atoms with E-state index in [2.05, 4.69) is 10.2 Å². The number of nitrogens with zero attached hydrogens (tertiary/aromatic N) is 2. The van der Waals surface area contributed by atoms with Gasteiger partial charge < -0.3 is 15.0 Å². The fourth-order valence-electron chi connectivity index (χ4n) is 3.73. The molecule has 3 rings (SSSR count). The zero-order valence-electron chi connectivity index (χ0n) is 17.9. The first-order valence-electron chi connectivity index (χ1n) is 10.0. The van der Waals surface area contributed by atoms with Gasteiger partial charge in [-0.2, -0.15) is 0 Å². The summed E-state index contributed by atoms with van der Waals surface area (Å²) in [5, 5.41) is 2.83. The Hall–Kier alpha value is -2.74. The van der Waals surface area contributed by atoms with Gasteiger partial charge in [-0.25, -0.2) is 8.42 Å². The number of anilines is 3. The lowest BCUT2D eigenvalue weighted by Crippen LogP contribution is -2.45. The fraction of sp³-hybridized carbons (Fsp3) is 0.409. The summed E-state index contributed by atoms with van der Waals surface area (Å²) in [6, 6.07) is 11.9. The molecule has 1 saturated heterocycles. The van der Waals surface area contributed by atoms with Gasteiger partial charge in [0.25, 0.3) is 0 Å². The normalized spacial score (nSPS) is 15.0. The number of benzene rings is 2. The van der Waals surface area contributed by atoms with Crippen LogP contribution in [-0.4, -0.2) is 46.8 Å². The van der Waals surface area contributed by atoms with Gasteiger partial charge in [0, 0.05) is 24.5 Å². The standard InChI is InChI=1S/C22H29N3O4S/c1-16-7-12-21(29-3)20(15-16)25(30(4,27)28)17(2)22(26)23-18-8-10-19(11-9-18)24-13-5-6-14-24/h7-12,15,17H,5-6,13-14H2,1-4H3,(H,23,26)/t17-/m0/s1. The molecule has 1 aliphatic rings. The van der Waals surface area contributed by atoms with E-state index in [1.54, 1.807) is 19.1 Å². The Morgan fingerprint density at radius 1 is 1.13 bits per heavy atom. The van der Waals surface area contributed by atoms with Gasteiger partial charge in [0.1, 0.15) is 11.8 Å². The Labute approximate surface area is 178 Å². The minimum atomic E-state index is -3.74. The van der Waals surface area contributed by atoms with Crippen molar-refractivity contribution >= 4 is 33.0 Å². The summed E-state index contributed by atoms with van der Waals surface area (Å²) in [5.41, 5.74) is 2.96. The second-order valence-electron chi connectivity index (χ2n) is 7.64. The van der Waals surface area contributed by atoms with E-state index in [9.17, 15) is 13.2 Å². The van der Waals surface area contributed by atoms with Crippen LogP contribution in [0.5, 0.6) is 5.75 Å². The number of carbonyl (C=O) groups is 1. The first kappa shape index (κ1) is 22.0. The maximum atomic E-state index is 12.9. The van der Waals surface area contributed by atoms with Crippen LogP contribution in [0.15, 0.2) is 42.5 Å². The van der Waals surface area contributed by atoms with E-state index >= 15 is 0 Å². The van der Waals surface area contributed by atoms with Crippen molar-refractivity contribution in [1.29, 1.82) is 0 Å². The van der Waals surface area contributed by atoms with E-state index in [1.165, 1.54) is 20.0 Å². The third-order valence-electron chi connectivity index (χ3n) is 5.27. The van der Waals surface area contributed by atoms with Crippen LogP contribution in [0.25, 0.3) is 0 Å². The summed E-state index contributed by atoms with van der Waals surface area (Å²) < 4.78 is 31.6. The number of carbonyl (C=O) groups excluding carboxylic acids is 1. The van der Waals surface area contributed by atoms with Gasteiger partial charge in [0.15, 0.2) is 0 Å². The molecule has 0 unspecified atom stereocenters. The maximum Gasteiger partial charge on any atom is 0.247 e. The number of sulfonamides is 1. The SMILES string of the molecule is COc1ccc(C)cc1N([C@@H](C)C(=O)Nc1ccc(N2CCCC2)cc1)S(C)(=O)=O. The van der Waals surface area contributed by atoms with Crippen molar-refractivity contribution in [1.82, 2.24) is 0 Å². The predicted molar refractivity (Wildman–Crippen MR) is 121 cm³/mol. The molecule has 0 bridgehead atoms. The topological polar surface area (TPSA) is 79.0 Å². The summed E-state index contributed by atoms with van der Waals surface area (Å²) in [6.45, 7) is 5.52. The van der Waals surface area contributed by atoms with Gasteiger partial charge in [-0.05, 0) is 68.7 Å². The first-order chi connectivity index (χ1) is 14.2. The van der Waals surface area contributed by atoms with Gasteiger partial charge in [-0.15, -0.1) is 0 Å². The number of rotatable bonds is 7. The molecule has 0 saturated carbocycles. The number of ether oxygens (including phenoxy) is 1. The highest BCUT2D eigenvalue weighted by molar-refractivity contribution is 7.92. The fourth-order valence-corrected chi connectivity index (χ4v) is 4.90. The molecule has 2 aromatic carbocycles. The average molecular weight is 432 g/mol. The number of hydrogen-bond donors (Lipinski definition) is 1. The Kier molecular flexibility index (Phi) is 6.55. The highest BCUT2D eigenvalue weighted by Crippen LogP contribution is 2.33. The molecule has 1 aliphatic heterocycles. The Balaban J connectivity index is 1.82. The smallest absolute Gasteiger partial charge is 0.247 e. The highest BCUT2D eigenvalue weighted by Gasteiger charge is 2.31. The van der Waals surface area contributed by atoms with Crippen molar-refractivity contribution in [3.63, 3.8) is 0 Å². The van der Waals surface area contributed by atoms with E-state index < -0.39 is 22.0 Å². The summed E-state index contributed by atoms with van der Waals surface area (Å²) in [5.74, 6) is -0.0291. The van der Waals surface area contributed by atoms with Gasteiger partial charge in [0.2, 0.25) is 15.9 Å². The van der Waals surface area contributed by atoms with Crippen molar-refractivity contribution < 1.29 is 17.9 Å². The molecule has 1 fully saturated rings. The zero-order valence-corrected chi connectivity index (χ0v) is 18.7. The molecule has 0 radical (unpaired) electrons. The molecule has 30 heavy (non-hydrogen) atoms. The second kappa shape index (κ2) is 8.95. The lowest BCUT2D eigenvalue weighted by Gasteiger charge is -2.29. The predicted octanol–water partition coefficient (Wildman–Crippen LogP) is 3.40. The summed E-state index contributed by atoms with van der Waals surface area (Å²) in [4.78, 5) is 15.2. The number of methoxy groups -OCH3 is 1. The second-order valence-corrected chi connectivity index (χ2v) is 9.50. The Morgan fingerprint density at radius 2 is 1.77 bits per heavy atom. The molecule has 0 spiro atoms. The minimum absolute atomic E-state index is 0.340. The van der Waals surface area contributed by atoms with Crippen LogP contribution < -0.4 is 19.3 Å². The van der Waals surface area contributed by atoms with Crippen LogP contribution in [0.2, 0.25) is 0 Å². The van der Waals surface area contributed by atoms with E-state index in [4.69, 9.17) is 4.74 Å². The average Bonchev–Trinajstić information content (AvgIpc) is 3.22. The molecule has 8 heteroatoms. The third-order valence-corrected chi connectivity index (χ3v) is 6.49. The molecular formula is C22H29N3O4S. The number of nitrogens with one attached hydrogen (secondary N) is 1. The largest absolute Gasteiger partial charge is 0.495 e. The molecule has 162 valence electrons. The maximum absolute atomic E-state index is 12.9. The van der Waals surface area contributed by atoms with Crippen LogP contribution >= 0.6 is 0 Å². The molecule has 1 atom stereocenters. The van der Waals surface area contributed by atoms with E-state index in [0.717, 1.165) is 34.9 Å². The van der Waals surface area contributed by atoms with Crippen molar-refractivity contribution in [2.75, 3.05) is 41.0 Å². The first-order valence-corrected chi connectivity index (χ1v) is 11.9. The summed E-state index contributed by atoms with van der Waals surface area (Å²) >= 11 is 0. The zero-order chi connectivity index (χ0) is 21.9. The van der Waals surface area contributed by atoms with E-state index in [-0.39, 0.29) is 0 Å². The van der Waals surface area contributed by atoms with Crippen molar-refractivity contribution in [2.24, 2.45) is 0 Å². The molecule has 0 aliphatic carbocycles. The Bertz CT molecular complexity index is 1000.